The summed E-state index contributed by atoms with van der Waals surface area (Å²) in [4.78, 5) is 12.0. The minimum atomic E-state index is -0.0358. The Morgan fingerprint density at radius 3 is 2.95 bits per heavy atom. The van der Waals surface area contributed by atoms with Gasteiger partial charge in [-0.15, -0.1) is 10.2 Å². The molecule has 2 aromatic heterocycles. The lowest BCUT2D eigenvalue weighted by atomic mass is 10.1. The minimum absolute atomic E-state index is 0.0358. The van der Waals surface area contributed by atoms with Crippen LogP contribution in [0.2, 0.25) is 0 Å². The molecule has 0 amide bonds. The molecule has 7 heteroatoms. The van der Waals surface area contributed by atoms with E-state index in [1.54, 1.807) is 13.3 Å². The number of tetrazole rings is 1. The van der Waals surface area contributed by atoms with Crippen molar-refractivity contribution in [3.8, 4) is 5.75 Å². The zero-order chi connectivity index (χ0) is 14.1. The van der Waals surface area contributed by atoms with Gasteiger partial charge in [0.15, 0.2) is 11.3 Å². The summed E-state index contributed by atoms with van der Waals surface area (Å²) >= 11 is 0. The normalized spacial score (nSPS) is 10.9. The van der Waals surface area contributed by atoms with Gasteiger partial charge in [0.1, 0.15) is 5.75 Å². The van der Waals surface area contributed by atoms with Crippen LogP contribution in [0, 0.1) is 6.92 Å². The lowest BCUT2D eigenvalue weighted by Gasteiger charge is -2.13. The lowest BCUT2D eigenvalue weighted by molar-refractivity contribution is 0.417. The second-order valence-corrected chi connectivity index (χ2v) is 4.50. The number of ether oxygens (including phenoxy) is 1. The number of rotatable bonds is 3. The van der Waals surface area contributed by atoms with Crippen LogP contribution >= 0.6 is 0 Å². The van der Waals surface area contributed by atoms with Crippen LogP contribution in [0.5, 0.6) is 5.75 Å². The molecule has 3 rings (SSSR count). The highest BCUT2D eigenvalue weighted by molar-refractivity contribution is 5.85. The first kappa shape index (κ1) is 12.3. The summed E-state index contributed by atoms with van der Waals surface area (Å²) in [5.74, 6) is 1.19. The Balaban J connectivity index is 2.27. The Morgan fingerprint density at radius 2 is 2.25 bits per heavy atom. The van der Waals surface area contributed by atoms with E-state index in [0.717, 1.165) is 11.1 Å². The summed E-state index contributed by atoms with van der Waals surface area (Å²) < 4.78 is 7.27. The molecule has 0 fully saturated rings. The fourth-order valence-electron chi connectivity index (χ4n) is 2.24. The van der Waals surface area contributed by atoms with Gasteiger partial charge in [0.2, 0.25) is 0 Å². The molecule has 3 aromatic rings. The highest BCUT2D eigenvalue weighted by Gasteiger charge is 2.11. The Hall–Kier alpha value is -2.70. The van der Waals surface area contributed by atoms with Crippen LogP contribution in [0.3, 0.4) is 0 Å². The van der Waals surface area contributed by atoms with Gasteiger partial charge in [0.25, 0.3) is 0 Å². The number of fused-ring (bicyclic) bond motifs is 1. The molecule has 0 aliphatic carbocycles. The van der Waals surface area contributed by atoms with Gasteiger partial charge >= 0.3 is 0 Å². The van der Waals surface area contributed by atoms with Gasteiger partial charge in [-0.1, -0.05) is 5.21 Å². The van der Waals surface area contributed by atoms with E-state index < -0.39 is 0 Å². The second-order valence-electron chi connectivity index (χ2n) is 4.50. The Kier molecular flexibility index (Phi) is 2.94. The monoisotopic (exact) mass is 271 g/mol. The number of aryl methyl sites for hydroxylation is 1. The van der Waals surface area contributed by atoms with Crippen LogP contribution in [0.4, 0.5) is 0 Å². The van der Waals surface area contributed by atoms with Crippen LogP contribution < -0.4 is 10.2 Å². The zero-order valence-corrected chi connectivity index (χ0v) is 11.1. The molecule has 0 aliphatic rings. The SMILES string of the molecule is COc1cc(C)cc2c(=O)ccn(Cc3nn[nH]n3)c12. The van der Waals surface area contributed by atoms with Crippen LogP contribution in [-0.2, 0) is 6.54 Å². The maximum atomic E-state index is 12.0. The van der Waals surface area contributed by atoms with Crippen molar-refractivity contribution in [2.45, 2.75) is 13.5 Å². The number of methoxy groups -OCH3 is 1. The van der Waals surface area contributed by atoms with Gasteiger partial charge in [-0.25, -0.2) is 0 Å². The third-order valence-corrected chi connectivity index (χ3v) is 3.10. The molecule has 0 bridgehead atoms. The van der Waals surface area contributed by atoms with Crippen molar-refractivity contribution in [2.24, 2.45) is 0 Å². The van der Waals surface area contributed by atoms with Gasteiger partial charge in [-0.05, 0) is 24.6 Å². The molecule has 102 valence electrons. The summed E-state index contributed by atoms with van der Waals surface area (Å²) in [6.45, 7) is 2.34. The van der Waals surface area contributed by atoms with Crippen molar-refractivity contribution < 1.29 is 4.74 Å². The number of pyridine rings is 1. The third kappa shape index (κ3) is 2.03. The quantitative estimate of drug-likeness (QED) is 0.764. The Bertz CT molecular complexity index is 807. The highest BCUT2D eigenvalue weighted by Crippen LogP contribution is 2.25. The van der Waals surface area contributed by atoms with Crippen molar-refractivity contribution >= 4 is 10.9 Å². The lowest BCUT2D eigenvalue weighted by Crippen LogP contribution is -2.11. The molecule has 1 aromatic carbocycles. The van der Waals surface area contributed by atoms with E-state index in [0.29, 0.717) is 23.5 Å². The topological polar surface area (TPSA) is 85.7 Å². The summed E-state index contributed by atoms with van der Waals surface area (Å²) in [6, 6.07) is 5.28. The Morgan fingerprint density at radius 1 is 1.40 bits per heavy atom. The molecule has 0 atom stereocenters. The average molecular weight is 271 g/mol. The molecule has 0 saturated heterocycles. The first-order valence-electron chi connectivity index (χ1n) is 6.09. The van der Waals surface area contributed by atoms with E-state index in [4.69, 9.17) is 4.74 Å². The summed E-state index contributed by atoms with van der Waals surface area (Å²) in [7, 11) is 1.59. The molecule has 0 radical (unpaired) electrons. The molecule has 0 saturated carbocycles. The molecule has 7 nitrogen and oxygen atoms in total. The molecule has 0 spiro atoms. The van der Waals surface area contributed by atoms with Gasteiger partial charge in [-0.3, -0.25) is 4.79 Å². The predicted octanol–water partition coefficient (Wildman–Crippen LogP) is 0.880. The zero-order valence-electron chi connectivity index (χ0n) is 11.1. The maximum absolute atomic E-state index is 12.0. The summed E-state index contributed by atoms with van der Waals surface area (Å²) in [5, 5.41) is 14.4. The third-order valence-electron chi connectivity index (χ3n) is 3.10. The van der Waals surface area contributed by atoms with Crippen LogP contribution in [-0.4, -0.2) is 32.3 Å². The number of benzene rings is 1. The van der Waals surface area contributed by atoms with Gasteiger partial charge in [-0.2, -0.15) is 5.21 Å². The minimum Gasteiger partial charge on any atom is -0.495 e. The van der Waals surface area contributed by atoms with E-state index in [1.807, 2.05) is 23.6 Å². The van der Waals surface area contributed by atoms with Crippen molar-refractivity contribution in [3.63, 3.8) is 0 Å². The number of hydrogen-bond donors (Lipinski definition) is 1. The number of H-pyrrole nitrogens is 1. The first-order chi connectivity index (χ1) is 9.69. The smallest absolute Gasteiger partial charge is 0.194 e. The van der Waals surface area contributed by atoms with E-state index in [-0.39, 0.29) is 5.43 Å². The van der Waals surface area contributed by atoms with Crippen LogP contribution in [0.25, 0.3) is 10.9 Å². The molecule has 0 unspecified atom stereocenters. The molecule has 0 aliphatic heterocycles. The number of aromatic amines is 1. The van der Waals surface area contributed by atoms with E-state index >= 15 is 0 Å². The van der Waals surface area contributed by atoms with Gasteiger partial charge in [0.05, 0.1) is 19.2 Å². The first-order valence-corrected chi connectivity index (χ1v) is 6.09. The largest absolute Gasteiger partial charge is 0.495 e. The Labute approximate surface area is 114 Å². The molecule has 1 N–H and O–H groups in total. The highest BCUT2D eigenvalue weighted by atomic mass is 16.5. The van der Waals surface area contributed by atoms with E-state index in [2.05, 4.69) is 20.6 Å². The average Bonchev–Trinajstić information content (AvgIpc) is 2.94. The maximum Gasteiger partial charge on any atom is 0.194 e. The number of nitrogens with one attached hydrogen (secondary N) is 1. The van der Waals surface area contributed by atoms with Crippen molar-refractivity contribution in [3.05, 3.63) is 46.0 Å². The molecule has 20 heavy (non-hydrogen) atoms. The van der Waals surface area contributed by atoms with Gasteiger partial charge < -0.3 is 9.30 Å². The fraction of sp³-hybridized carbons (Fsp3) is 0.231. The van der Waals surface area contributed by atoms with Crippen LogP contribution in [0.15, 0.2) is 29.2 Å². The molecule has 2 heterocycles. The van der Waals surface area contributed by atoms with E-state index in [1.165, 1.54) is 6.07 Å². The van der Waals surface area contributed by atoms with Gasteiger partial charge in [0, 0.05) is 17.6 Å². The van der Waals surface area contributed by atoms with E-state index in [9.17, 15) is 4.79 Å². The molecular formula is C13H13N5O2. The van der Waals surface area contributed by atoms with Crippen molar-refractivity contribution in [1.29, 1.82) is 0 Å². The summed E-state index contributed by atoms with van der Waals surface area (Å²) in [6.07, 6.45) is 1.71. The second kappa shape index (κ2) is 4.76. The standard InChI is InChI=1S/C13H13N5O2/c1-8-5-9-10(19)3-4-18(7-12-14-16-17-15-12)13(9)11(6-8)20-2/h3-6H,7H2,1-2H3,(H,14,15,16,17). The van der Waals surface area contributed by atoms with Crippen molar-refractivity contribution in [2.75, 3.05) is 7.11 Å². The fourth-order valence-corrected chi connectivity index (χ4v) is 2.24. The summed E-state index contributed by atoms with van der Waals surface area (Å²) in [5.41, 5.74) is 1.67. The number of hydrogen-bond acceptors (Lipinski definition) is 5. The predicted molar refractivity (Wildman–Crippen MR) is 72.8 cm³/mol. The number of nitrogens with zero attached hydrogens (tertiary/aromatic N) is 4. The molecular weight excluding hydrogens is 258 g/mol. The van der Waals surface area contributed by atoms with Crippen LogP contribution in [0.1, 0.15) is 11.4 Å². The van der Waals surface area contributed by atoms with Crippen molar-refractivity contribution in [1.82, 2.24) is 25.2 Å². The number of aromatic nitrogens is 5.